The van der Waals surface area contributed by atoms with Gasteiger partial charge >= 0.3 is 5.97 Å². The molecule has 4 nitrogen and oxygen atoms in total. The smallest absolute Gasteiger partial charge is 0.295 e. The van der Waals surface area contributed by atoms with Crippen molar-refractivity contribution >= 4 is 5.97 Å². The van der Waals surface area contributed by atoms with Crippen molar-refractivity contribution in [3.8, 4) is 0 Å². The minimum absolute atomic E-state index is 0.252. The Balaban J connectivity index is 3.64. The summed E-state index contributed by atoms with van der Waals surface area (Å²) in [6.07, 6.45) is 0. The van der Waals surface area contributed by atoms with E-state index in [9.17, 15) is 9.90 Å². The van der Waals surface area contributed by atoms with Crippen LogP contribution >= 0.6 is 0 Å². The first-order valence-corrected chi connectivity index (χ1v) is 3.02. The van der Waals surface area contributed by atoms with Gasteiger partial charge in [0.25, 0.3) is 0 Å². The molecule has 1 radical (unpaired) electrons. The van der Waals surface area contributed by atoms with E-state index in [-0.39, 0.29) is 6.61 Å². The molecule has 59 valence electrons. The maximum Gasteiger partial charge on any atom is 0.376 e. The Kier molecular flexibility index (Phi) is 3.32. The zero-order valence-corrected chi connectivity index (χ0v) is 6.34. The van der Waals surface area contributed by atoms with Crippen molar-refractivity contribution in [2.75, 3.05) is 6.61 Å². The van der Waals surface area contributed by atoms with E-state index in [1.165, 1.54) is 13.8 Å². The van der Waals surface area contributed by atoms with Gasteiger partial charge < -0.3 is 0 Å². The molecule has 0 amide bonds. The predicted molar refractivity (Wildman–Crippen MR) is 32.5 cm³/mol. The van der Waals surface area contributed by atoms with E-state index < -0.39 is 11.6 Å². The van der Waals surface area contributed by atoms with Gasteiger partial charge in [-0.3, -0.25) is 4.89 Å². The topological polar surface area (TPSA) is 55.4 Å². The van der Waals surface area contributed by atoms with E-state index >= 15 is 0 Å². The Labute approximate surface area is 59.7 Å². The molecule has 0 fully saturated rings. The summed E-state index contributed by atoms with van der Waals surface area (Å²) < 4.78 is 0. The van der Waals surface area contributed by atoms with E-state index in [1.807, 2.05) is 0 Å². The lowest BCUT2D eigenvalue weighted by Gasteiger charge is -2.10. The molecule has 0 rings (SSSR count). The highest BCUT2D eigenvalue weighted by Gasteiger charge is 2.29. The van der Waals surface area contributed by atoms with Gasteiger partial charge in [-0.25, -0.2) is 9.90 Å². The zero-order chi connectivity index (χ0) is 8.20. The van der Waals surface area contributed by atoms with Gasteiger partial charge in [0.2, 0.25) is 0 Å². The minimum Gasteiger partial charge on any atom is -0.295 e. The van der Waals surface area contributed by atoms with Crippen molar-refractivity contribution in [2.45, 2.75) is 26.4 Å². The fourth-order valence-corrected chi connectivity index (χ4v) is 0.213. The van der Waals surface area contributed by atoms with E-state index in [0.717, 1.165) is 0 Å². The molecule has 0 heterocycles. The molecular weight excluding hydrogens is 136 g/mol. The highest BCUT2D eigenvalue weighted by Crippen LogP contribution is 2.04. The van der Waals surface area contributed by atoms with Gasteiger partial charge in [-0.05, 0) is 20.8 Å². The van der Waals surface area contributed by atoms with Crippen LogP contribution in [0.1, 0.15) is 20.8 Å². The van der Waals surface area contributed by atoms with Crippen LogP contribution in [0.25, 0.3) is 0 Å². The third-order valence-electron chi connectivity index (χ3n) is 0.744. The number of rotatable bonds is 3. The van der Waals surface area contributed by atoms with Gasteiger partial charge in [-0.2, -0.15) is 4.89 Å². The molecule has 0 saturated heterocycles. The maximum absolute atomic E-state index is 10.8. The minimum atomic E-state index is -1.73. The molecule has 0 aromatic carbocycles. The molecule has 0 spiro atoms. The zero-order valence-electron chi connectivity index (χ0n) is 6.34. The summed E-state index contributed by atoms with van der Waals surface area (Å²) in [5.74, 6) is -0.894. The standard InChI is InChI=1S/C6H11O4/c1-4-9-10-5(7)6(2,3)8/h4H2,1-3H3. The molecule has 0 aliphatic rings. The number of hydrogen-bond acceptors (Lipinski definition) is 3. The summed E-state index contributed by atoms with van der Waals surface area (Å²) >= 11 is 0. The monoisotopic (exact) mass is 147 g/mol. The van der Waals surface area contributed by atoms with Crippen molar-refractivity contribution in [2.24, 2.45) is 0 Å². The van der Waals surface area contributed by atoms with Crippen LogP contribution in [0.3, 0.4) is 0 Å². The fourth-order valence-electron chi connectivity index (χ4n) is 0.213. The summed E-state index contributed by atoms with van der Waals surface area (Å²) in [7, 11) is 0. The summed E-state index contributed by atoms with van der Waals surface area (Å²) in [4.78, 5) is 18.9. The van der Waals surface area contributed by atoms with Crippen LogP contribution in [0.5, 0.6) is 0 Å². The molecule has 0 unspecified atom stereocenters. The molecule has 0 aromatic heterocycles. The Morgan fingerprint density at radius 2 is 2.00 bits per heavy atom. The quantitative estimate of drug-likeness (QED) is 0.436. The van der Waals surface area contributed by atoms with Crippen LogP contribution in [0.4, 0.5) is 0 Å². The SMILES string of the molecule is CCOOC(=O)C(C)(C)[O]. The van der Waals surface area contributed by atoms with E-state index in [4.69, 9.17) is 0 Å². The molecule has 0 aromatic rings. The van der Waals surface area contributed by atoms with Gasteiger partial charge in [0.1, 0.15) is 0 Å². The van der Waals surface area contributed by atoms with E-state index in [1.54, 1.807) is 6.92 Å². The third kappa shape index (κ3) is 3.42. The Bertz CT molecular complexity index is 113. The van der Waals surface area contributed by atoms with Crippen molar-refractivity contribution in [3.05, 3.63) is 0 Å². The summed E-state index contributed by atoms with van der Waals surface area (Å²) in [5.41, 5.74) is -1.73. The lowest BCUT2D eigenvalue weighted by Crippen LogP contribution is -2.31. The first-order valence-electron chi connectivity index (χ1n) is 3.02. The predicted octanol–water partition coefficient (Wildman–Crippen LogP) is 0.690. The molecule has 0 aliphatic carbocycles. The van der Waals surface area contributed by atoms with Crippen LogP contribution in [-0.2, 0) is 19.7 Å². The average molecular weight is 147 g/mol. The first-order chi connectivity index (χ1) is 4.48. The molecule has 4 heteroatoms. The van der Waals surface area contributed by atoms with Crippen LogP contribution in [0, 0.1) is 0 Å². The number of carbonyl (C=O) groups is 1. The van der Waals surface area contributed by atoms with Gasteiger partial charge in [0, 0.05) is 0 Å². The molecule has 0 saturated carbocycles. The highest BCUT2D eigenvalue weighted by molar-refractivity contribution is 5.77. The fraction of sp³-hybridized carbons (Fsp3) is 0.833. The summed E-state index contributed by atoms with van der Waals surface area (Å²) in [6.45, 7) is 4.34. The van der Waals surface area contributed by atoms with Gasteiger partial charge in [0.05, 0.1) is 6.61 Å². The number of carbonyl (C=O) groups excluding carboxylic acids is 1. The number of hydrogen-bond donors (Lipinski definition) is 0. The second-order valence-corrected chi connectivity index (χ2v) is 2.29. The van der Waals surface area contributed by atoms with Gasteiger partial charge in [-0.15, -0.1) is 0 Å². The molecule has 0 bridgehead atoms. The van der Waals surface area contributed by atoms with Crippen molar-refractivity contribution in [1.82, 2.24) is 0 Å². The van der Waals surface area contributed by atoms with Crippen LogP contribution < -0.4 is 0 Å². The largest absolute Gasteiger partial charge is 0.376 e. The average Bonchev–Trinajstić information content (AvgIpc) is 1.80. The second kappa shape index (κ2) is 3.53. The normalized spacial score (nSPS) is 11.2. The van der Waals surface area contributed by atoms with Gasteiger partial charge in [0.15, 0.2) is 5.60 Å². The van der Waals surface area contributed by atoms with Crippen LogP contribution in [-0.4, -0.2) is 18.2 Å². The van der Waals surface area contributed by atoms with Crippen LogP contribution in [0.15, 0.2) is 0 Å². The third-order valence-corrected chi connectivity index (χ3v) is 0.744. The molecular formula is C6H11O4. The first kappa shape index (κ1) is 9.39. The van der Waals surface area contributed by atoms with Crippen molar-refractivity contribution < 1.29 is 19.7 Å². The molecule has 10 heavy (non-hydrogen) atoms. The molecule has 0 aliphatic heterocycles. The van der Waals surface area contributed by atoms with Gasteiger partial charge in [-0.1, -0.05) is 0 Å². The summed E-state index contributed by atoms with van der Waals surface area (Å²) in [6, 6.07) is 0. The second-order valence-electron chi connectivity index (χ2n) is 2.29. The van der Waals surface area contributed by atoms with E-state index in [0.29, 0.717) is 0 Å². The highest BCUT2D eigenvalue weighted by atomic mass is 17.2. The molecule has 0 N–H and O–H groups in total. The Morgan fingerprint density at radius 1 is 1.50 bits per heavy atom. The van der Waals surface area contributed by atoms with E-state index in [2.05, 4.69) is 9.78 Å². The summed E-state index contributed by atoms with van der Waals surface area (Å²) in [5, 5.41) is 10.8. The van der Waals surface area contributed by atoms with Crippen molar-refractivity contribution in [1.29, 1.82) is 0 Å². The lowest BCUT2D eigenvalue weighted by molar-refractivity contribution is -0.284. The Hall–Kier alpha value is -0.610. The lowest BCUT2D eigenvalue weighted by atomic mass is 10.1. The molecule has 0 atom stereocenters. The Morgan fingerprint density at radius 3 is 2.30 bits per heavy atom. The van der Waals surface area contributed by atoms with Crippen molar-refractivity contribution in [3.63, 3.8) is 0 Å². The maximum atomic E-state index is 10.8. The van der Waals surface area contributed by atoms with Crippen LogP contribution in [0.2, 0.25) is 0 Å².